The number of nitrogens with zero attached hydrogens (tertiary/aromatic N) is 1. The molecule has 5 heteroatoms. The molecule has 0 saturated heterocycles. The normalized spacial score (nSPS) is 22.6. The van der Waals surface area contributed by atoms with Gasteiger partial charge in [0, 0.05) is 5.75 Å². The molecule has 1 heterocycles. The van der Waals surface area contributed by atoms with Crippen LogP contribution < -0.4 is 5.32 Å². The summed E-state index contributed by atoms with van der Waals surface area (Å²) >= 11 is 1.67. The Bertz CT molecular complexity index is 279. The number of esters is 1. The van der Waals surface area contributed by atoms with Crippen molar-refractivity contribution in [2.24, 2.45) is 10.9 Å². The van der Waals surface area contributed by atoms with E-state index in [1.54, 1.807) is 11.8 Å². The Balaban J connectivity index is 2.64. The molecule has 0 radical (unpaired) electrons. The number of amidine groups is 1. The smallest absolute Gasteiger partial charge is 0.328 e. The molecule has 1 rings (SSSR count). The topological polar surface area (TPSA) is 50.7 Å². The summed E-state index contributed by atoms with van der Waals surface area (Å²) in [6.45, 7) is 6.07. The van der Waals surface area contributed by atoms with E-state index >= 15 is 0 Å². The molecule has 0 spiro atoms. The lowest BCUT2D eigenvalue weighted by Crippen LogP contribution is -2.45. The van der Waals surface area contributed by atoms with E-state index in [-0.39, 0.29) is 17.9 Å². The first-order valence-corrected chi connectivity index (χ1v) is 6.58. The fourth-order valence-corrected chi connectivity index (χ4v) is 2.58. The summed E-state index contributed by atoms with van der Waals surface area (Å²) in [4.78, 5) is 16.0. The van der Waals surface area contributed by atoms with Gasteiger partial charge in [-0.1, -0.05) is 25.6 Å². The molecule has 0 amide bonds. The molecule has 92 valence electrons. The zero-order chi connectivity index (χ0) is 12.1. The second-order valence-electron chi connectivity index (χ2n) is 4.31. The molecule has 0 aliphatic carbocycles. The van der Waals surface area contributed by atoms with Gasteiger partial charge in [0.2, 0.25) is 0 Å². The molecule has 0 aromatic carbocycles. The standard InChI is InChI=1S/C11H20N2O2S/c1-7(2)9(10(14)15-4)13-11-12-8(3)5-6-16-11/h7-9H,5-6H2,1-4H3,(H,12,13). The summed E-state index contributed by atoms with van der Waals surface area (Å²) in [5.74, 6) is 1.02. The van der Waals surface area contributed by atoms with E-state index in [1.807, 2.05) is 13.8 Å². The average Bonchev–Trinajstić information content (AvgIpc) is 2.24. The van der Waals surface area contributed by atoms with Crippen LogP contribution in [-0.4, -0.2) is 36.1 Å². The summed E-state index contributed by atoms with van der Waals surface area (Å²) in [6, 6.07) is 0.0377. The van der Waals surface area contributed by atoms with Crippen molar-refractivity contribution in [1.29, 1.82) is 0 Å². The summed E-state index contributed by atoms with van der Waals surface area (Å²) in [5.41, 5.74) is 0. The number of ether oxygens (including phenoxy) is 1. The molecule has 0 bridgehead atoms. The summed E-state index contributed by atoms with van der Waals surface area (Å²) in [5, 5.41) is 4.04. The van der Waals surface area contributed by atoms with Crippen LogP contribution >= 0.6 is 11.8 Å². The van der Waals surface area contributed by atoms with Crippen molar-refractivity contribution in [1.82, 2.24) is 5.32 Å². The third-order valence-corrected chi connectivity index (χ3v) is 3.45. The first-order valence-electron chi connectivity index (χ1n) is 5.59. The molecule has 4 nitrogen and oxygen atoms in total. The van der Waals surface area contributed by atoms with E-state index in [4.69, 9.17) is 4.74 Å². The summed E-state index contributed by atoms with van der Waals surface area (Å²) < 4.78 is 4.78. The molecule has 2 unspecified atom stereocenters. The molecule has 1 N–H and O–H groups in total. The maximum atomic E-state index is 11.6. The van der Waals surface area contributed by atoms with Gasteiger partial charge in [0.25, 0.3) is 0 Å². The lowest BCUT2D eigenvalue weighted by Gasteiger charge is -2.24. The predicted octanol–water partition coefficient (Wildman–Crippen LogP) is 1.65. The first kappa shape index (κ1) is 13.4. The van der Waals surface area contributed by atoms with Crippen molar-refractivity contribution in [2.75, 3.05) is 12.9 Å². The van der Waals surface area contributed by atoms with Crippen LogP contribution in [0, 0.1) is 5.92 Å². The van der Waals surface area contributed by atoms with Crippen LogP contribution in [0.25, 0.3) is 0 Å². The molecule has 0 saturated carbocycles. The number of rotatable bonds is 3. The largest absolute Gasteiger partial charge is 0.467 e. The van der Waals surface area contributed by atoms with Crippen molar-refractivity contribution >= 4 is 22.9 Å². The maximum Gasteiger partial charge on any atom is 0.328 e. The van der Waals surface area contributed by atoms with E-state index in [2.05, 4.69) is 17.2 Å². The van der Waals surface area contributed by atoms with Crippen LogP contribution in [0.1, 0.15) is 27.2 Å². The van der Waals surface area contributed by atoms with Crippen molar-refractivity contribution < 1.29 is 9.53 Å². The Hall–Kier alpha value is -0.710. The van der Waals surface area contributed by atoms with Crippen molar-refractivity contribution in [3.8, 4) is 0 Å². The van der Waals surface area contributed by atoms with Gasteiger partial charge in [-0.3, -0.25) is 4.99 Å². The number of nitrogens with one attached hydrogen (secondary N) is 1. The Morgan fingerprint density at radius 3 is 2.81 bits per heavy atom. The Labute approximate surface area is 101 Å². The van der Waals surface area contributed by atoms with Gasteiger partial charge in [0.05, 0.1) is 13.2 Å². The van der Waals surface area contributed by atoms with E-state index < -0.39 is 0 Å². The highest BCUT2D eigenvalue weighted by molar-refractivity contribution is 8.13. The van der Waals surface area contributed by atoms with Crippen LogP contribution in [-0.2, 0) is 9.53 Å². The second-order valence-corrected chi connectivity index (χ2v) is 5.39. The van der Waals surface area contributed by atoms with Crippen molar-refractivity contribution in [2.45, 2.75) is 39.3 Å². The van der Waals surface area contributed by atoms with Gasteiger partial charge in [0.15, 0.2) is 5.17 Å². The highest BCUT2D eigenvalue weighted by atomic mass is 32.2. The molecule has 0 fully saturated rings. The number of thioether (sulfide) groups is 1. The molecule has 1 aliphatic heterocycles. The van der Waals surface area contributed by atoms with E-state index in [1.165, 1.54) is 7.11 Å². The maximum absolute atomic E-state index is 11.6. The van der Waals surface area contributed by atoms with Crippen LogP contribution in [0.4, 0.5) is 0 Å². The lowest BCUT2D eigenvalue weighted by molar-refractivity contribution is -0.143. The highest BCUT2D eigenvalue weighted by Crippen LogP contribution is 2.17. The van der Waals surface area contributed by atoms with E-state index in [0.29, 0.717) is 6.04 Å². The molecule has 16 heavy (non-hydrogen) atoms. The van der Waals surface area contributed by atoms with Gasteiger partial charge < -0.3 is 10.1 Å². The first-order chi connectivity index (χ1) is 7.54. The highest BCUT2D eigenvalue weighted by Gasteiger charge is 2.25. The zero-order valence-electron chi connectivity index (χ0n) is 10.3. The molecular weight excluding hydrogens is 224 g/mol. The number of aliphatic imine (C=N–C) groups is 1. The Morgan fingerprint density at radius 1 is 1.62 bits per heavy atom. The third-order valence-electron chi connectivity index (χ3n) is 2.51. The number of carbonyl (C=O) groups is 1. The zero-order valence-corrected chi connectivity index (χ0v) is 11.1. The van der Waals surface area contributed by atoms with E-state index in [9.17, 15) is 4.79 Å². The summed E-state index contributed by atoms with van der Waals surface area (Å²) in [6.07, 6.45) is 1.10. The fraction of sp³-hybridized carbons (Fsp3) is 0.818. The van der Waals surface area contributed by atoms with Gasteiger partial charge in [0.1, 0.15) is 6.04 Å². The predicted molar refractivity (Wildman–Crippen MR) is 67.7 cm³/mol. The van der Waals surface area contributed by atoms with Crippen LogP contribution in [0.5, 0.6) is 0 Å². The Morgan fingerprint density at radius 2 is 2.31 bits per heavy atom. The minimum absolute atomic E-state index is 0.188. The van der Waals surface area contributed by atoms with Crippen molar-refractivity contribution in [3.05, 3.63) is 0 Å². The van der Waals surface area contributed by atoms with Crippen molar-refractivity contribution in [3.63, 3.8) is 0 Å². The van der Waals surface area contributed by atoms with Gasteiger partial charge in [-0.25, -0.2) is 4.79 Å². The number of methoxy groups -OCH3 is 1. The molecule has 0 aromatic rings. The summed E-state index contributed by atoms with van der Waals surface area (Å²) in [7, 11) is 1.41. The quantitative estimate of drug-likeness (QED) is 0.767. The third kappa shape index (κ3) is 3.70. The minimum atomic E-state index is -0.304. The second kappa shape index (κ2) is 6.13. The lowest BCUT2D eigenvalue weighted by atomic mass is 10.1. The van der Waals surface area contributed by atoms with Gasteiger partial charge in [-0.05, 0) is 19.3 Å². The van der Waals surface area contributed by atoms with Crippen LogP contribution in [0.15, 0.2) is 4.99 Å². The number of hydrogen-bond donors (Lipinski definition) is 1. The number of hydrogen-bond acceptors (Lipinski definition) is 5. The minimum Gasteiger partial charge on any atom is -0.467 e. The molecular formula is C11H20N2O2S. The number of carbonyl (C=O) groups excluding carboxylic acids is 1. The van der Waals surface area contributed by atoms with Crippen LogP contribution in [0.3, 0.4) is 0 Å². The SMILES string of the molecule is COC(=O)C(NC1=NC(C)CCS1)C(C)C. The molecule has 2 atom stereocenters. The monoisotopic (exact) mass is 244 g/mol. The molecule has 0 aromatic heterocycles. The fourth-order valence-electron chi connectivity index (χ4n) is 1.46. The van der Waals surface area contributed by atoms with Gasteiger partial charge >= 0.3 is 5.97 Å². The van der Waals surface area contributed by atoms with E-state index in [0.717, 1.165) is 17.3 Å². The molecule has 1 aliphatic rings. The average molecular weight is 244 g/mol. The van der Waals surface area contributed by atoms with Gasteiger partial charge in [-0.15, -0.1) is 0 Å². The van der Waals surface area contributed by atoms with Gasteiger partial charge in [-0.2, -0.15) is 0 Å². The Kier molecular flexibility index (Phi) is 5.12. The van der Waals surface area contributed by atoms with Crippen LogP contribution in [0.2, 0.25) is 0 Å².